The van der Waals surface area contributed by atoms with E-state index in [0.717, 1.165) is 0 Å². The van der Waals surface area contributed by atoms with Gasteiger partial charge in [-0.15, -0.1) is 0 Å². The highest BCUT2D eigenvalue weighted by atomic mass is 16.6. The normalized spacial score (nSPS) is 21.2. The van der Waals surface area contributed by atoms with Crippen LogP contribution >= 0.6 is 0 Å². The predicted octanol–water partition coefficient (Wildman–Crippen LogP) is 0.964. The fourth-order valence-electron chi connectivity index (χ4n) is 2.08. The van der Waals surface area contributed by atoms with Crippen LogP contribution in [-0.4, -0.2) is 40.0 Å². The zero-order valence-corrected chi connectivity index (χ0v) is 11.7. The molecule has 2 unspecified atom stereocenters. The molecule has 2 atom stereocenters. The second-order valence-corrected chi connectivity index (χ2v) is 4.78. The third kappa shape index (κ3) is 3.05. The Morgan fingerprint density at radius 2 is 1.91 bits per heavy atom. The number of nitrogens with one attached hydrogen (secondary N) is 1. The van der Waals surface area contributed by atoms with Crippen LogP contribution in [0.5, 0.6) is 0 Å². The first-order chi connectivity index (χ1) is 10.4. The van der Waals surface area contributed by atoms with Crippen molar-refractivity contribution in [3.8, 4) is 0 Å². The van der Waals surface area contributed by atoms with Gasteiger partial charge in [-0.25, -0.2) is 19.3 Å². The lowest BCUT2D eigenvalue weighted by Crippen LogP contribution is -2.63. The quantitative estimate of drug-likeness (QED) is 0.860. The van der Waals surface area contributed by atoms with Gasteiger partial charge in [-0.2, -0.15) is 0 Å². The highest BCUT2D eigenvalue weighted by Crippen LogP contribution is 2.19. The molecule has 2 rings (SSSR count). The van der Waals surface area contributed by atoms with Crippen LogP contribution in [0.15, 0.2) is 30.3 Å². The van der Waals surface area contributed by atoms with E-state index in [1.165, 1.54) is 6.92 Å². The zero-order valence-electron chi connectivity index (χ0n) is 11.7. The molecule has 1 aromatic carbocycles. The molecule has 2 N–H and O–H groups in total. The van der Waals surface area contributed by atoms with Crippen molar-refractivity contribution in [3.05, 3.63) is 35.9 Å². The number of nitrogens with zero attached hydrogens (tertiary/aromatic N) is 1. The van der Waals surface area contributed by atoms with E-state index in [-0.39, 0.29) is 6.61 Å². The molecule has 4 amide bonds. The summed E-state index contributed by atoms with van der Waals surface area (Å²) < 4.78 is 4.95. The molecule has 116 valence electrons. The summed E-state index contributed by atoms with van der Waals surface area (Å²) in [6.07, 6.45) is -1.12. The van der Waals surface area contributed by atoms with Gasteiger partial charge in [0.05, 0.1) is 5.92 Å². The Morgan fingerprint density at radius 1 is 1.27 bits per heavy atom. The van der Waals surface area contributed by atoms with Gasteiger partial charge in [-0.1, -0.05) is 37.3 Å². The minimum atomic E-state index is -1.59. The maximum Gasteiger partial charge on any atom is 0.419 e. The van der Waals surface area contributed by atoms with Crippen LogP contribution in [0.3, 0.4) is 0 Å². The van der Waals surface area contributed by atoms with Crippen LogP contribution in [0.2, 0.25) is 0 Å². The predicted molar refractivity (Wildman–Crippen MR) is 72.6 cm³/mol. The van der Waals surface area contributed by atoms with Crippen LogP contribution in [0.1, 0.15) is 12.5 Å². The topological polar surface area (TPSA) is 113 Å². The Hall–Kier alpha value is -2.90. The van der Waals surface area contributed by atoms with Crippen molar-refractivity contribution in [3.63, 3.8) is 0 Å². The average Bonchev–Trinajstić information content (AvgIpc) is 2.48. The number of hydrogen-bond donors (Lipinski definition) is 2. The van der Waals surface area contributed by atoms with Crippen LogP contribution in [-0.2, 0) is 20.9 Å². The Bertz CT molecular complexity index is 615. The lowest BCUT2D eigenvalue weighted by Gasteiger charge is -2.33. The average molecular weight is 306 g/mol. The largest absolute Gasteiger partial charge is 0.480 e. The molecule has 1 aliphatic rings. The number of hydrogen-bond acceptors (Lipinski definition) is 5. The van der Waals surface area contributed by atoms with Gasteiger partial charge in [-0.3, -0.25) is 10.1 Å². The number of benzene rings is 1. The fraction of sp³-hybridized carbons (Fsp3) is 0.286. The highest BCUT2D eigenvalue weighted by Gasteiger charge is 2.47. The van der Waals surface area contributed by atoms with Gasteiger partial charge in [0.25, 0.3) is 0 Å². The summed E-state index contributed by atoms with van der Waals surface area (Å²) in [4.78, 5) is 46.9. The van der Waals surface area contributed by atoms with E-state index >= 15 is 0 Å². The van der Waals surface area contributed by atoms with Crippen LogP contribution in [0, 0.1) is 5.92 Å². The number of aliphatic carboxylic acids is 1. The maximum absolute atomic E-state index is 12.0. The number of amides is 4. The lowest BCUT2D eigenvalue weighted by molar-refractivity contribution is -0.148. The van der Waals surface area contributed by atoms with Crippen molar-refractivity contribution in [2.45, 2.75) is 19.6 Å². The van der Waals surface area contributed by atoms with Crippen molar-refractivity contribution in [1.29, 1.82) is 0 Å². The zero-order chi connectivity index (χ0) is 16.3. The summed E-state index contributed by atoms with van der Waals surface area (Å²) in [6.45, 7) is 1.20. The van der Waals surface area contributed by atoms with Gasteiger partial charge in [0, 0.05) is 0 Å². The Labute approximate surface area is 125 Å². The monoisotopic (exact) mass is 306 g/mol. The molecule has 0 aliphatic carbocycles. The fourth-order valence-corrected chi connectivity index (χ4v) is 2.08. The number of imide groups is 2. The SMILES string of the molecule is CC1C(=O)NC(=O)N(C(=O)OCc2ccccc2)C1C(=O)O. The van der Waals surface area contributed by atoms with E-state index < -0.39 is 36.0 Å². The van der Waals surface area contributed by atoms with Crippen molar-refractivity contribution in [2.24, 2.45) is 5.92 Å². The summed E-state index contributed by atoms with van der Waals surface area (Å²) >= 11 is 0. The van der Waals surface area contributed by atoms with E-state index in [4.69, 9.17) is 9.84 Å². The third-order valence-corrected chi connectivity index (χ3v) is 3.27. The summed E-state index contributed by atoms with van der Waals surface area (Å²) in [6, 6.07) is 6.01. The molecule has 1 aliphatic heterocycles. The molecule has 8 nitrogen and oxygen atoms in total. The van der Waals surface area contributed by atoms with Gasteiger partial charge in [-0.05, 0) is 5.56 Å². The molecular weight excluding hydrogens is 292 g/mol. The molecule has 0 radical (unpaired) electrons. The molecular formula is C14H14N2O6. The minimum Gasteiger partial charge on any atom is -0.480 e. The van der Waals surface area contributed by atoms with Gasteiger partial charge < -0.3 is 9.84 Å². The molecule has 1 saturated heterocycles. The molecule has 1 aromatic rings. The molecule has 0 bridgehead atoms. The number of carboxylic acid groups (broad SMARTS) is 1. The van der Waals surface area contributed by atoms with Crippen LogP contribution < -0.4 is 5.32 Å². The molecule has 22 heavy (non-hydrogen) atoms. The number of ether oxygens (including phenoxy) is 1. The smallest absolute Gasteiger partial charge is 0.419 e. The molecule has 8 heteroatoms. The van der Waals surface area contributed by atoms with E-state index in [0.29, 0.717) is 10.5 Å². The Morgan fingerprint density at radius 3 is 2.50 bits per heavy atom. The van der Waals surface area contributed by atoms with Crippen molar-refractivity contribution in [2.75, 3.05) is 0 Å². The van der Waals surface area contributed by atoms with Gasteiger partial charge >= 0.3 is 18.1 Å². The van der Waals surface area contributed by atoms with E-state index in [2.05, 4.69) is 0 Å². The summed E-state index contributed by atoms with van der Waals surface area (Å²) in [7, 11) is 0. The first-order valence-corrected chi connectivity index (χ1v) is 6.49. The molecule has 0 spiro atoms. The summed E-state index contributed by atoms with van der Waals surface area (Å²) in [5.74, 6) is -3.27. The lowest BCUT2D eigenvalue weighted by atomic mass is 9.98. The van der Waals surface area contributed by atoms with Gasteiger partial charge in [0.15, 0.2) is 6.04 Å². The Balaban J connectivity index is 2.13. The van der Waals surface area contributed by atoms with Gasteiger partial charge in [0.1, 0.15) is 6.61 Å². The Kier molecular flexibility index (Phi) is 4.40. The number of carbonyl (C=O) groups is 4. The number of carbonyl (C=O) groups excluding carboxylic acids is 3. The summed E-state index contributed by atoms with van der Waals surface area (Å²) in [5, 5.41) is 11.1. The maximum atomic E-state index is 12.0. The number of urea groups is 1. The van der Waals surface area contributed by atoms with Crippen LogP contribution in [0.25, 0.3) is 0 Å². The third-order valence-electron chi connectivity index (χ3n) is 3.27. The van der Waals surface area contributed by atoms with Crippen molar-refractivity contribution >= 4 is 24.0 Å². The van der Waals surface area contributed by atoms with E-state index in [1.807, 2.05) is 5.32 Å². The summed E-state index contributed by atoms with van der Waals surface area (Å²) in [5.41, 5.74) is 0.685. The second-order valence-electron chi connectivity index (χ2n) is 4.78. The molecule has 1 heterocycles. The molecule has 0 aromatic heterocycles. The second kappa shape index (κ2) is 6.25. The van der Waals surface area contributed by atoms with E-state index in [1.54, 1.807) is 30.3 Å². The minimum absolute atomic E-state index is 0.113. The first kappa shape index (κ1) is 15.5. The molecule has 0 saturated carbocycles. The first-order valence-electron chi connectivity index (χ1n) is 6.49. The highest BCUT2D eigenvalue weighted by molar-refractivity contribution is 6.08. The van der Waals surface area contributed by atoms with Gasteiger partial charge in [0.2, 0.25) is 5.91 Å². The standard InChI is InChI=1S/C14H14N2O6/c1-8-10(12(18)19)16(13(20)15-11(8)17)14(21)22-7-9-5-3-2-4-6-9/h2-6,8,10H,7H2,1H3,(H,18,19)(H,15,17,20). The van der Waals surface area contributed by atoms with Crippen LogP contribution in [0.4, 0.5) is 9.59 Å². The number of carboxylic acids is 1. The van der Waals surface area contributed by atoms with E-state index in [9.17, 15) is 19.2 Å². The number of rotatable bonds is 3. The van der Waals surface area contributed by atoms with Crippen molar-refractivity contribution < 1.29 is 29.0 Å². The molecule has 1 fully saturated rings. The van der Waals surface area contributed by atoms with Crippen molar-refractivity contribution in [1.82, 2.24) is 10.2 Å².